The van der Waals surface area contributed by atoms with Gasteiger partial charge in [0.05, 0.1) is 0 Å². The van der Waals surface area contributed by atoms with Crippen molar-refractivity contribution in [3.05, 3.63) is 152 Å². The molecule has 9 aromatic rings. The summed E-state index contributed by atoms with van der Waals surface area (Å²) in [5.41, 5.74) is 6.74. The fourth-order valence-electron chi connectivity index (χ4n) is 6.44. The smallest absolute Gasteiger partial charge is 0.164 e. The second-order valence-electron chi connectivity index (χ2n) is 11.2. The molecule has 4 nitrogen and oxygen atoms in total. The van der Waals surface area contributed by atoms with E-state index >= 15 is 0 Å². The number of nitrogens with zero attached hydrogens (tertiary/aromatic N) is 3. The molecule has 0 unspecified atom stereocenters. The standard InChI is InChI=1S/C41H25N3O/c1-3-13-26(14-4-1)30-21-12-22-31-34(30)25-35(37-33-20-9-10-24-36(33)45-38(31)37)41-43-39(28-16-5-2-6-17-28)42-40(44-41)32-23-11-18-27-15-7-8-19-29(27)32/h1-25H. The van der Waals surface area contributed by atoms with Crippen molar-refractivity contribution in [2.75, 3.05) is 0 Å². The first-order chi connectivity index (χ1) is 22.3. The van der Waals surface area contributed by atoms with Gasteiger partial charge in [-0.2, -0.15) is 0 Å². The molecule has 2 aromatic heterocycles. The molecule has 0 aliphatic heterocycles. The van der Waals surface area contributed by atoms with Crippen LogP contribution in [-0.2, 0) is 0 Å². The van der Waals surface area contributed by atoms with Gasteiger partial charge in [-0.15, -0.1) is 0 Å². The summed E-state index contributed by atoms with van der Waals surface area (Å²) in [5.74, 6) is 1.86. The van der Waals surface area contributed by atoms with Gasteiger partial charge in [0, 0.05) is 32.8 Å². The van der Waals surface area contributed by atoms with Crippen LogP contribution in [0.15, 0.2) is 156 Å². The average molecular weight is 576 g/mol. The molecule has 0 radical (unpaired) electrons. The summed E-state index contributed by atoms with van der Waals surface area (Å²) < 4.78 is 6.63. The zero-order valence-corrected chi connectivity index (χ0v) is 24.2. The fourth-order valence-corrected chi connectivity index (χ4v) is 6.44. The van der Waals surface area contributed by atoms with Crippen molar-refractivity contribution in [1.29, 1.82) is 0 Å². The first-order valence-corrected chi connectivity index (χ1v) is 15.0. The van der Waals surface area contributed by atoms with Crippen LogP contribution in [0.4, 0.5) is 0 Å². The van der Waals surface area contributed by atoms with E-state index in [4.69, 9.17) is 19.4 Å². The van der Waals surface area contributed by atoms with Crippen molar-refractivity contribution >= 4 is 43.5 Å². The highest BCUT2D eigenvalue weighted by Gasteiger charge is 2.21. The van der Waals surface area contributed by atoms with Crippen molar-refractivity contribution in [2.24, 2.45) is 0 Å². The molecular formula is C41H25N3O. The Labute approximate surface area is 259 Å². The molecule has 2 heterocycles. The number of fused-ring (bicyclic) bond motifs is 6. The Bertz CT molecular complexity index is 2530. The Kier molecular flexibility index (Phi) is 5.78. The van der Waals surface area contributed by atoms with Gasteiger partial charge in [0.15, 0.2) is 17.5 Å². The largest absolute Gasteiger partial charge is 0.455 e. The molecule has 0 aliphatic carbocycles. The molecule has 0 spiro atoms. The zero-order chi connectivity index (χ0) is 29.7. The van der Waals surface area contributed by atoms with Crippen molar-refractivity contribution in [3.8, 4) is 45.3 Å². The summed E-state index contributed by atoms with van der Waals surface area (Å²) in [4.78, 5) is 15.5. The van der Waals surface area contributed by atoms with Crippen molar-refractivity contribution in [3.63, 3.8) is 0 Å². The van der Waals surface area contributed by atoms with E-state index in [1.54, 1.807) is 0 Å². The highest BCUT2D eigenvalue weighted by atomic mass is 16.3. The number of benzene rings is 7. The van der Waals surface area contributed by atoms with Gasteiger partial charge in [0.1, 0.15) is 11.2 Å². The number of furan rings is 1. The molecule has 0 saturated heterocycles. The molecule has 7 aromatic carbocycles. The zero-order valence-electron chi connectivity index (χ0n) is 24.2. The maximum absolute atomic E-state index is 6.63. The average Bonchev–Trinajstić information content (AvgIpc) is 3.51. The molecule has 210 valence electrons. The van der Waals surface area contributed by atoms with E-state index in [1.807, 2.05) is 48.5 Å². The Morgan fingerprint density at radius 1 is 0.378 bits per heavy atom. The highest BCUT2D eigenvalue weighted by Crippen LogP contribution is 2.43. The lowest BCUT2D eigenvalue weighted by Crippen LogP contribution is -2.01. The maximum atomic E-state index is 6.63. The van der Waals surface area contributed by atoms with Gasteiger partial charge in [-0.3, -0.25) is 0 Å². The van der Waals surface area contributed by atoms with E-state index in [0.717, 1.165) is 71.3 Å². The Morgan fingerprint density at radius 2 is 0.956 bits per heavy atom. The first kappa shape index (κ1) is 25.4. The molecule has 9 rings (SSSR count). The van der Waals surface area contributed by atoms with E-state index < -0.39 is 0 Å². The van der Waals surface area contributed by atoms with Crippen molar-refractivity contribution in [2.45, 2.75) is 0 Å². The van der Waals surface area contributed by atoms with Crippen LogP contribution in [0.5, 0.6) is 0 Å². The third kappa shape index (κ3) is 4.19. The number of rotatable bonds is 4. The van der Waals surface area contributed by atoms with Gasteiger partial charge in [-0.1, -0.05) is 140 Å². The molecular weight excluding hydrogens is 550 g/mol. The summed E-state index contributed by atoms with van der Waals surface area (Å²) in [6.07, 6.45) is 0. The second-order valence-corrected chi connectivity index (χ2v) is 11.2. The van der Waals surface area contributed by atoms with Gasteiger partial charge in [-0.05, 0) is 39.4 Å². The third-order valence-corrected chi connectivity index (χ3v) is 8.53. The van der Waals surface area contributed by atoms with Gasteiger partial charge in [0.25, 0.3) is 0 Å². The normalized spacial score (nSPS) is 11.6. The number of para-hydroxylation sites is 1. The molecule has 45 heavy (non-hydrogen) atoms. The highest BCUT2D eigenvalue weighted by molar-refractivity contribution is 6.22. The quantitative estimate of drug-likeness (QED) is 0.209. The summed E-state index contributed by atoms with van der Waals surface area (Å²) in [5, 5.41) is 6.40. The molecule has 0 fully saturated rings. The van der Waals surface area contributed by atoms with Gasteiger partial charge in [0.2, 0.25) is 0 Å². The lowest BCUT2D eigenvalue weighted by molar-refractivity contribution is 0.672. The third-order valence-electron chi connectivity index (χ3n) is 8.53. The monoisotopic (exact) mass is 575 g/mol. The van der Waals surface area contributed by atoms with Gasteiger partial charge >= 0.3 is 0 Å². The minimum atomic E-state index is 0.605. The fraction of sp³-hybridized carbons (Fsp3) is 0. The molecule has 0 amide bonds. The topological polar surface area (TPSA) is 51.8 Å². The van der Waals surface area contributed by atoms with Crippen LogP contribution in [0.3, 0.4) is 0 Å². The summed E-state index contributed by atoms with van der Waals surface area (Å²) in [6, 6.07) is 52.1. The molecule has 0 bridgehead atoms. The Morgan fingerprint density at radius 3 is 1.78 bits per heavy atom. The van der Waals surface area contributed by atoms with Crippen LogP contribution in [-0.4, -0.2) is 15.0 Å². The van der Waals surface area contributed by atoms with E-state index in [-0.39, 0.29) is 0 Å². The number of hydrogen-bond acceptors (Lipinski definition) is 4. The summed E-state index contributed by atoms with van der Waals surface area (Å²) >= 11 is 0. The van der Waals surface area contributed by atoms with Crippen LogP contribution in [0.1, 0.15) is 0 Å². The molecule has 4 heteroatoms. The predicted molar refractivity (Wildman–Crippen MR) is 184 cm³/mol. The molecule has 0 saturated carbocycles. The lowest BCUT2D eigenvalue weighted by atomic mass is 9.93. The Balaban J connectivity index is 1.41. The van der Waals surface area contributed by atoms with Crippen molar-refractivity contribution in [1.82, 2.24) is 15.0 Å². The summed E-state index contributed by atoms with van der Waals surface area (Å²) in [6.45, 7) is 0. The van der Waals surface area contributed by atoms with Gasteiger partial charge < -0.3 is 4.42 Å². The van der Waals surface area contributed by atoms with Crippen LogP contribution >= 0.6 is 0 Å². The van der Waals surface area contributed by atoms with E-state index in [2.05, 4.69) is 103 Å². The van der Waals surface area contributed by atoms with Crippen LogP contribution in [0.25, 0.3) is 88.8 Å². The molecule has 0 aliphatic rings. The predicted octanol–water partition coefficient (Wildman–Crippen LogP) is 10.7. The van der Waals surface area contributed by atoms with E-state index in [0.29, 0.717) is 17.5 Å². The van der Waals surface area contributed by atoms with Crippen LogP contribution in [0, 0.1) is 0 Å². The first-order valence-electron chi connectivity index (χ1n) is 15.0. The molecule has 0 N–H and O–H groups in total. The lowest BCUT2D eigenvalue weighted by Gasteiger charge is -2.13. The number of aromatic nitrogens is 3. The Hall–Kier alpha value is -6.13. The maximum Gasteiger partial charge on any atom is 0.164 e. The number of hydrogen-bond donors (Lipinski definition) is 0. The van der Waals surface area contributed by atoms with E-state index in [1.165, 1.54) is 0 Å². The second kappa shape index (κ2) is 10.2. The van der Waals surface area contributed by atoms with Crippen molar-refractivity contribution < 1.29 is 4.42 Å². The van der Waals surface area contributed by atoms with Crippen LogP contribution in [0.2, 0.25) is 0 Å². The molecule has 0 atom stereocenters. The summed E-state index contributed by atoms with van der Waals surface area (Å²) in [7, 11) is 0. The minimum absolute atomic E-state index is 0.605. The minimum Gasteiger partial charge on any atom is -0.455 e. The van der Waals surface area contributed by atoms with E-state index in [9.17, 15) is 0 Å². The van der Waals surface area contributed by atoms with Gasteiger partial charge in [-0.25, -0.2) is 15.0 Å². The van der Waals surface area contributed by atoms with Crippen LogP contribution < -0.4 is 0 Å². The SMILES string of the molecule is c1ccc(-c2nc(-c3cccc4ccccc34)nc(-c3cc4c(-c5ccccc5)cccc4c4oc5ccccc5c34)n2)cc1.